The third kappa shape index (κ3) is 5.31. The van der Waals surface area contributed by atoms with Crippen LogP contribution in [0.5, 0.6) is 0 Å². The van der Waals surface area contributed by atoms with Crippen molar-refractivity contribution in [1.29, 1.82) is 0 Å². The quantitative estimate of drug-likeness (QED) is 0.365. The average Bonchev–Trinajstić information content (AvgIpc) is 2.59. The highest BCUT2D eigenvalue weighted by Gasteiger charge is 2.27. The van der Waals surface area contributed by atoms with Crippen LogP contribution in [0.15, 0.2) is 59.7 Å². The average molecular weight is 359 g/mol. The molecule has 0 heterocycles. The molecule has 0 fully saturated rings. The summed E-state index contributed by atoms with van der Waals surface area (Å²) in [6.45, 7) is 5.70. The molecular weight excluding hydrogens is 336 g/mol. The van der Waals surface area contributed by atoms with Gasteiger partial charge in [0.15, 0.2) is 5.84 Å². The van der Waals surface area contributed by atoms with Crippen LogP contribution in [0.3, 0.4) is 0 Å². The summed E-state index contributed by atoms with van der Waals surface area (Å²) in [6, 6.07) is 16.6. The molecule has 0 radical (unpaired) electrons. The number of halogens is 1. The number of carbonyl (C=O) groups excluding carboxylic acids is 1. The summed E-state index contributed by atoms with van der Waals surface area (Å²) in [7, 11) is 0. The number of rotatable bonds is 5. The van der Waals surface area contributed by atoms with Crippen molar-refractivity contribution in [2.24, 2.45) is 16.3 Å². The van der Waals surface area contributed by atoms with Crippen molar-refractivity contribution < 1.29 is 4.79 Å². The van der Waals surface area contributed by atoms with Gasteiger partial charge in [-0.3, -0.25) is 4.79 Å². The molecule has 0 saturated carbocycles. The van der Waals surface area contributed by atoms with Gasteiger partial charge in [0.05, 0.1) is 12.4 Å². The molecule has 2 aromatic rings. The van der Waals surface area contributed by atoms with E-state index in [2.05, 4.69) is 10.4 Å². The van der Waals surface area contributed by atoms with Crippen molar-refractivity contribution in [2.75, 3.05) is 17.0 Å². The zero-order valence-corrected chi connectivity index (χ0v) is 15.4. The Hall–Kier alpha value is -2.37. The van der Waals surface area contributed by atoms with E-state index in [4.69, 9.17) is 17.3 Å². The standard InChI is InChI=1S/C19H23ClN4O/c1-19(2,3)17(25)18(22-15-11-9-14(20)10-12-15)23-24(13-21)16-7-5-4-6-8-16/h4-12H,13,21H2,1-3H3,(H,22,23). The topological polar surface area (TPSA) is 70.7 Å². The number of para-hydroxylation sites is 1. The van der Waals surface area contributed by atoms with Crippen LogP contribution in [0.1, 0.15) is 20.8 Å². The molecule has 0 spiro atoms. The fraction of sp³-hybridized carbons (Fsp3) is 0.263. The van der Waals surface area contributed by atoms with E-state index in [1.807, 2.05) is 51.1 Å². The van der Waals surface area contributed by atoms with E-state index >= 15 is 0 Å². The molecule has 3 N–H and O–H groups in total. The van der Waals surface area contributed by atoms with Crippen molar-refractivity contribution in [2.45, 2.75) is 20.8 Å². The maximum absolute atomic E-state index is 12.8. The summed E-state index contributed by atoms with van der Waals surface area (Å²) in [5, 5.41) is 9.78. The van der Waals surface area contributed by atoms with Gasteiger partial charge < -0.3 is 11.1 Å². The molecule has 0 aliphatic carbocycles. The summed E-state index contributed by atoms with van der Waals surface area (Å²) in [4.78, 5) is 12.8. The predicted molar refractivity (Wildman–Crippen MR) is 105 cm³/mol. The first-order valence-electron chi connectivity index (χ1n) is 8.00. The number of nitrogens with zero attached hydrogens (tertiary/aromatic N) is 2. The Bertz CT molecular complexity index is 736. The first-order chi connectivity index (χ1) is 11.8. The maximum Gasteiger partial charge on any atom is 0.205 e. The minimum Gasteiger partial charge on any atom is -0.336 e. The minimum atomic E-state index is -0.588. The molecule has 0 aromatic heterocycles. The molecule has 0 atom stereocenters. The number of hydrazone groups is 1. The lowest BCUT2D eigenvalue weighted by Crippen LogP contribution is -2.37. The van der Waals surface area contributed by atoms with Crippen LogP contribution < -0.4 is 16.1 Å². The molecule has 6 heteroatoms. The van der Waals surface area contributed by atoms with Crippen LogP contribution in [-0.4, -0.2) is 18.3 Å². The number of anilines is 2. The van der Waals surface area contributed by atoms with E-state index < -0.39 is 5.41 Å². The molecule has 0 aliphatic rings. The van der Waals surface area contributed by atoms with Gasteiger partial charge in [-0.15, -0.1) is 5.10 Å². The van der Waals surface area contributed by atoms with Crippen LogP contribution in [0.25, 0.3) is 0 Å². The second-order valence-corrected chi connectivity index (χ2v) is 7.01. The number of Topliss-reactive ketones (excluding diaryl/α,β-unsaturated/α-hetero) is 1. The predicted octanol–water partition coefficient (Wildman–Crippen LogP) is 4.10. The van der Waals surface area contributed by atoms with Gasteiger partial charge in [-0.25, -0.2) is 5.01 Å². The van der Waals surface area contributed by atoms with Crippen molar-refractivity contribution in [3.63, 3.8) is 0 Å². The Morgan fingerprint density at radius 2 is 1.72 bits per heavy atom. The molecule has 2 rings (SSSR count). The third-order valence-corrected chi connectivity index (χ3v) is 3.70. The second-order valence-electron chi connectivity index (χ2n) is 6.58. The highest BCUT2D eigenvalue weighted by atomic mass is 35.5. The number of nitrogens with two attached hydrogens (primary N) is 1. The van der Waals surface area contributed by atoms with Crippen LogP contribution in [0.4, 0.5) is 11.4 Å². The number of carbonyl (C=O) groups is 1. The monoisotopic (exact) mass is 358 g/mol. The van der Waals surface area contributed by atoms with Crippen LogP contribution in [0, 0.1) is 5.41 Å². The number of nitrogens with one attached hydrogen (secondary N) is 1. The minimum absolute atomic E-state index is 0.114. The number of hydrogen-bond acceptors (Lipinski definition) is 4. The van der Waals surface area contributed by atoms with Crippen molar-refractivity contribution in [1.82, 2.24) is 0 Å². The van der Waals surface area contributed by atoms with E-state index in [0.29, 0.717) is 5.02 Å². The highest BCUT2D eigenvalue weighted by molar-refractivity contribution is 6.44. The zero-order chi connectivity index (χ0) is 18.4. The Morgan fingerprint density at radius 1 is 1.12 bits per heavy atom. The molecule has 0 saturated heterocycles. The highest BCUT2D eigenvalue weighted by Crippen LogP contribution is 2.20. The van der Waals surface area contributed by atoms with Crippen LogP contribution in [0.2, 0.25) is 5.02 Å². The number of amidine groups is 1. The van der Waals surface area contributed by atoms with E-state index in [9.17, 15) is 4.79 Å². The van der Waals surface area contributed by atoms with Gasteiger partial charge in [-0.2, -0.15) is 0 Å². The van der Waals surface area contributed by atoms with Gasteiger partial charge in [0.25, 0.3) is 0 Å². The number of hydrogen-bond donors (Lipinski definition) is 2. The Balaban J connectivity index is 2.39. The maximum atomic E-state index is 12.8. The third-order valence-electron chi connectivity index (χ3n) is 3.45. The molecule has 25 heavy (non-hydrogen) atoms. The van der Waals surface area contributed by atoms with E-state index in [1.54, 1.807) is 29.3 Å². The first kappa shape index (κ1) is 19.0. The molecule has 0 unspecified atom stereocenters. The normalized spacial score (nSPS) is 12.0. The molecule has 0 aliphatic heterocycles. The van der Waals surface area contributed by atoms with Crippen molar-refractivity contribution in [3.8, 4) is 0 Å². The lowest BCUT2D eigenvalue weighted by molar-refractivity contribution is -0.119. The van der Waals surface area contributed by atoms with Gasteiger partial charge in [0.1, 0.15) is 0 Å². The lowest BCUT2D eigenvalue weighted by Gasteiger charge is -2.23. The fourth-order valence-electron chi connectivity index (χ4n) is 2.08. The van der Waals surface area contributed by atoms with Gasteiger partial charge in [0.2, 0.25) is 5.78 Å². The molecule has 132 valence electrons. The van der Waals surface area contributed by atoms with E-state index in [1.165, 1.54) is 0 Å². The summed E-state index contributed by atoms with van der Waals surface area (Å²) >= 11 is 5.92. The second kappa shape index (κ2) is 8.14. The Kier molecular flexibility index (Phi) is 6.17. The summed E-state index contributed by atoms with van der Waals surface area (Å²) in [5.41, 5.74) is 6.78. The smallest absolute Gasteiger partial charge is 0.205 e. The van der Waals surface area contributed by atoms with Crippen LogP contribution >= 0.6 is 11.6 Å². The fourth-order valence-corrected chi connectivity index (χ4v) is 2.20. The zero-order valence-electron chi connectivity index (χ0n) is 14.7. The largest absolute Gasteiger partial charge is 0.336 e. The Morgan fingerprint density at radius 3 is 2.24 bits per heavy atom. The summed E-state index contributed by atoms with van der Waals surface area (Å²) in [5.74, 6) is 0.112. The number of benzene rings is 2. The van der Waals surface area contributed by atoms with Gasteiger partial charge in [-0.1, -0.05) is 50.6 Å². The molecule has 0 bridgehead atoms. The van der Waals surface area contributed by atoms with Gasteiger partial charge in [0, 0.05) is 16.1 Å². The lowest BCUT2D eigenvalue weighted by atomic mass is 9.90. The van der Waals surface area contributed by atoms with Crippen LogP contribution in [-0.2, 0) is 4.79 Å². The van der Waals surface area contributed by atoms with E-state index in [0.717, 1.165) is 11.4 Å². The Labute approximate surface area is 153 Å². The molecule has 5 nitrogen and oxygen atoms in total. The molecular formula is C19H23ClN4O. The SMILES string of the molecule is CC(C)(C)C(=O)C(=NN(CN)c1ccccc1)Nc1ccc(Cl)cc1. The number of ketones is 1. The first-order valence-corrected chi connectivity index (χ1v) is 8.37. The van der Waals surface area contributed by atoms with E-state index in [-0.39, 0.29) is 18.3 Å². The van der Waals surface area contributed by atoms with Gasteiger partial charge >= 0.3 is 0 Å². The summed E-state index contributed by atoms with van der Waals surface area (Å²) in [6.07, 6.45) is 0. The molecule has 0 amide bonds. The summed E-state index contributed by atoms with van der Waals surface area (Å²) < 4.78 is 0. The van der Waals surface area contributed by atoms with Gasteiger partial charge in [-0.05, 0) is 36.4 Å². The molecule has 2 aromatic carbocycles. The van der Waals surface area contributed by atoms with Crippen molar-refractivity contribution >= 4 is 34.6 Å². The van der Waals surface area contributed by atoms with Crippen molar-refractivity contribution in [3.05, 3.63) is 59.6 Å².